The summed E-state index contributed by atoms with van der Waals surface area (Å²) < 4.78 is 0. The molecule has 1 aliphatic carbocycles. The molecule has 1 aliphatic heterocycles. The summed E-state index contributed by atoms with van der Waals surface area (Å²) in [6, 6.07) is 0. The molecule has 0 aromatic carbocycles. The van der Waals surface area contributed by atoms with E-state index in [1.165, 1.54) is 6.42 Å². The first kappa shape index (κ1) is 13.8. The minimum absolute atomic E-state index is 0.106. The van der Waals surface area contributed by atoms with Gasteiger partial charge in [0.1, 0.15) is 0 Å². The minimum Gasteiger partial charge on any atom is -0.391 e. The Balaban J connectivity index is 1.82. The number of hydrogen-bond donors (Lipinski definition) is 3. The van der Waals surface area contributed by atoms with Gasteiger partial charge < -0.3 is 15.7 Å². The fraction of sp³-hybridized carbons (Fsp3) is 0.929. The predicted molar refractivity (Wildman–Crippen MR) is 71.1 cm³/mol. The molecule has 2 aliphatic rings. The van der Waals surface area contributed by atoms with Crippen molar-refractivity contribution in [3.63, 3.8) is 0 Å². The summed E-state index contributed by atoms with van der Waals surface area (Å²) in [4.78, 5) is 12.3. The molecule has 0 aromatic heterocycles. The molecule has 0 radical (unpaired) electrons. The summed E-state index contributed by atoms with van der Waals surface area (Å²) in [5, 5.41) is 15.9. The van der Waals surface area contributed by atoms with Gasteiger partial charge in [-0.25, -0.2) is 0 Å². The van der Waals surface area contributed by atoms with Gasteiger partial charge in [0, 0.05) is 31.0 Å². The van der Waals surface area contributed by atoms with Crippen LogP contribution < -0.4 is 10.6 Å². The molecule has 2 unspecified atom stereocenters. The normalized spacial score (nSPS) is 30.2. The highest BCUT2D eigenvalue weighted by Crippen LogP contribution is 2.46. The molecule has 2 rings (SSSR count). The predicted octanol–water partition coefficient (Wildman–Crippen LogP) is 0.899. The van der Waals surface area contributed by atoms with Gasteiger partial charge in [0.15, 0.2) is 0 Å². The van der Waals surface area contributed by atoms with E-state index in [1.807, 2.05) is 0 Å². The number of carbonyl (C=O) groups excluding carboxylic acids is 1. The molecule has 4 nitrogen and oxygen atoms in total. The Morgan fingerprint density at radius 1 is 1.44 bits per heavy atom. The molecule has 2 fully saturated rings. The van der Waals surface area contributed by atoms with Crippen LogP contribution in [0.15, 0.2) is 0 Å². The van der Waals surface area contributed by atoms with Crippen molar-refractivity contribution >= 4 is 5.91 Å². The third-order valence-electron chi connectivity index (χ3n) is 4.42. The van der Waals surface area contributed by atoms with Crippen LogP contribution in [0.4, 0.5) is 0 Å². The van der Waals surface area contributed by atoms with Gasteiger partial charge in [-0.05, 0) is 25.2 Å². The minimum atomic E-state index is -0.312. The monoisotopic (exact) mass is 254 g/mol. The lowest BCUT2D eigenvalue weighted by molar-refractivity contribution is -0.137. The molecule has 1 saturated heterocycles. The highest BCUT2D eigenvalue weighted by molar-refractivity contribution is 5.83. The molecular weight excluding hydrogens is 228 g/mol. The lowest BCUT2D eigenvalue weighted by atomic mass is 9.64. The number of aliphatic hydroxyl groups is 1. The van der Waals surface area contributed by atoms with Crippen molar-refractivity contribution in [3.8, 4) is 0 Å². The summed E-state index contributed by atoms with van der Waals surface area (Å²) in [6.45, 7) is 6.42. The molecule has 1 amide bonds. The first-order valence-electron chi connectivity index (χ1n) is 7.20. The van der Waals surface area contributed by atoms with Crippen LogP contribution in [0, 0.1) is 17.3 Å². The fourth-order valence-corrected chi connectivity index (χ4v) is 3.25. The van der Waals surface area contributed by atoms with Gasteiger partial charge >= 0.3 is 0 Å². The number of β-amino-alcohol motifs (C(OH)–C–C–N with tert-alkyl or cyclic N) is 1. The second kappa shape index (κ2) is 5.57. The maximum atomic E-state index is 12.3. The van der Waals surface area contributed by atoms with Gasteiger partial charge in [-0.15, -0.1) is 0 Å². The molecule has 0 bridgehead atoms. The van der Waals surface area contributed by atoms with Gasteiger partial charge in [-0.2, -0.15) is 0 Å². The molecule has 2 atom stereocenters. The molecule has 1 saturated carbocycles. The Kier molecular flexibility index (Phi) is 4.28. The highest BCUT2D eigenvalue weighted by atomic mass is 16.3. The van der Waals surface area contributed by atoms with Crippen molar-refractivity contribution in [2.24, 2.45) is 17.3 Å². The molecule has 0 spiro atoms. The topological polar surface area (TPSA) is 61.4 Å². The first-order chi connectivity index (χ1) is 8.53. The Hall–Kier alpha value is -0.610. The average Bonchev–Trinajstić information content (AvgIpc) is 2.66. The Labute approximate surface area is 110 Å². The van der Waals surface area contributed by atoms with Crippen molar-refractivity contribution in [2.75, 3.05) is 19.6 Å². The van der Waals surface area contributed by atoms with Crippen LogP contribution in [0.3, 0.4) is 0 Å². The second-order valence-corrected chi connectivity index (χ2v) is 6.43. The third kappa shape index (κ3) is 2.86. The van der Waals surface area contributed by atoms with E-state index in [1.54, 1.807) is 0 Å². The largest absolute Gasteiger partial charge is 0.391 e. The molecule has 3 N–H and O–H groups in total. The van der Waals surface area contributed by atoms with Crippen LogP contribution in [0.25, 0.3) is 0 Å². The van der Waals surface area contributed by atoms with Crippen molar-refractivity contribution in [2.45, 2.75) is 45.6 Å². The SMILES string of the molecule is CC(C)CC1(C(=O)NCC2CNCC2O)CCC1. The number of amides is 1. The van der Waals surface area contributed by atoms with Crippen molar-refractivity contribution in [1.29, 1.82) is 0 Å². The number of carbonyl (C=O) groups is 1. The number of aliphatic hydroxyl groups excluding tert-OH is 1. The van der Waals surface area contributed by atoms with Crippen LogP contribution in [-0.4, -0.2) is 36.8 Å². The van der Waals surface area contributed by atoms with E-state index < -0.39 is 0 Å². The lowest BCUT2D eigenvalue weighted by Crippen LogP contribution is -2.48. The van der Waals surface area contributed by atoms with Gasteiger partial charge in [-0.3, -0.25) is 4.79 Å². The highest BCUT2D eigenvalue weighted by Gasteiger charge is 2.44. The van der Waals surface area contributed by atoms with E-state index in [0.717, 1.165) is 25.8 Å². The first-order valence-corrected chi connectivity index (χ1v) is 7.20. The van der Waals surface area contributed by atoms with Crippen molar-refractivity contribution in [1.82, 2.24) is 10.6 Å². The molecule has 1 heterocycles. The maximum absolute atomic E-state index is 12.3. The quantitative estimate of drug-likeness (QED) is 0.683. The smallest absolute Gasteiger partial charge is 0.226 e. The molecular formula is C14H26N2O2. The summed E-state index contributed by atoms with van der Waals surface area (Å²) in [5.74, 6) is 0.946. The summed E-state index contributed by atoms with van der Waals surface area (Å²) in [7, 11) is 0. The third-order valence-corrected chi connectivity index (χ3v) is 4.42. The van der Waals surface area contributed by atoms with Crippen LogP contribution in [-0.2, 0) is 4.79 Å². The lowest BCUT2D eigenvalue weighted by Gasteiger charge is -2.41. The van der Waals surface area contributed by atoms with Gasteiger partial charge in [0.05, 0.1) is 6.10 Å². The van der Waals surface area contributed by atoms with Crippen LogP contribution in [0.1, 0.15) is 39.5 Å². The average molecular weight is 254 g/mol. The zero-order valence-electron chi connectivity index (χ0n) is 11.5. The molecule has 18 heavy (non-hydrogen) atoms. The zero-order valence-corrected chi connectivity index (χ0v) is 11.5. The zero-order chi connectivity index (χ0) is 13.2. The molecule has 4 heteroatoms. The maximum Gasteiger partial charge on any atom is 0.226 e. The number of hydrogen-bond acceptors (Lipinski definition) is 3. The van der Waals surface area contributed by atoms with Crippen LogP contribution in [0.2, 0.25) is 0 Å². The van der Waals surface area contributed by atoms with E-state index in [0.29, 0.717) is 19.0 Å². The van der Waals surface area contributed by atoms with Crippen LogP contribution >= 0.6 is 0 Å². The Morgan fingerprint density at radius 3 is 2.61 bits per heavy atom. The Bertz CT molecular complexity index is 300. The molecule has 0 aromatic rings. The van der Waals surface area contributed by atoms with E-state index >= 15 is 0 Å². The number of rotatable bonds is 5. The standard InChI is InChI=1S/C14H26N2O2/c1-10(2)6-14(4-3-5-14)13(18)16-8-11-7-15-9-12(11)17/h10-12,15,17H,3-9H2,1-2H3,(H,16,18). The number of nitrogens with one attached hydrogen (secondary N) is 2. The fourth-order valence-electron chi connectivity index (χ4n) is 3.25. The molecule has 104 valence electrons. The summed E-state index contributed by atoms with van der Waals surface area (Å²) in [6.07, 6.45) is 3.91. The van der Waals surface area contributed by atoms with Gasteiger partial charge in [0.2, 0.25) is 5.91 Å². The second-order valence-electron chi connectivity index (χ2n) is 6.43. The van der Waals surface area contributed by atoms with Crippen molar-refractivity contribution < 1.29 is 9.90 Å². The van der Waals surface area contributed by atoms with Crippen molar-refractivity contribution in [3.05, 3.63) is 0 Å². The van der Waals surface area contributed by atoms with Gasteiger partial charge in [-0.1, -0.05) is 20.3 Å². The van der Waals surface area contributed by atoms with E-state index in [2.05, 4.69) is 24.5 Å². The summed E-state index contributed by atoms with van der Waals surface area (Å²) >= 11 is 0. The van der Waals surface area contributed by atoms with Gasteiger partial charge in [0.25, 0.3) is 0 Å². The van der Waals surface area contributed by atoms with E-state index in [9.17, 15) is 9.90 Å². The Morgan fingerprint density at radius 2 is 2.17 bits per heavy atom. The van der Waals surface area contributed by atoms with Crippen LogP contribution in [0.5, 0.6) is 0 Å². The van der Waals surface area contributed by atoms with E-state index in [4.69, 9.17) is 0 Å². The van der Waals surface area contributed by atoms with E-state index in [-0.39, 0.29) is 23.3 Å². The summed E-state index contributed by atoms with van der Waals surface area (Å²) in [5.41, 5.74) is -0.106.